The van der Waals surface area contributed by atoms with Gasteiger partial charge in [0, 0.05) is 27.8 Å². The van der Waals surface area contributed by atoms with Crippen LogP contribution < -0.4 is 19.7 Å². The SMILES string of the molecule is O=C1[C@H]2[C@@H](C(=O)N1c1ccc3c(c1)OCCO3)[C@@]1(C(=O)Nc3ccc(Br)cc31)N1CCC[C@@H]21. The first-order valence-electron chi connectivity index (χ1n) is 11.2. The molecular weight excluding hydrogens is 490 g/mol. The van der Waals surface area contributed by atoms with Crippen LogP contribution in [0.2, 0.25) is 0 Å². The van der Waals surface area contributed by atoms with E-state index in [2.05, 4.69) is 26.1 Å². The predicted molar refractivity (Wildman–Crippen MR) is 121 cm³/mol. The fraction of sp³-hybridized carbons (Fsp3) is 0.375. The molecule has 33 heavy (non-hydrogen) atoms. The lowest BCUT2D eigenvalue weighted by Crippen LogP contribution is -2.54. The maximum atomic E-state index is 14.0. The number of anilines is 2. The maximum absolute atomic E-state index is 14.0. The predicted octanol–water partition coefficient (Wildman–Crippen LogP) is 2.65. The van der Waals surface area contributed by atoms with E-state index >= 15 is 0 Å². The highest BCUT2D eigenvalue weighted by Gasteiger charge is 2.74. The van der Waals surface area contributed by atoms with Crippen LogP contribution in [-0.4, -0.2) is 48.4 Å². The van der Waals surface area contributed by atoms with Crippen molar-refractivity contribution in [2.45, 2.75) is 24.4 Å². The Morgan fingerprint density at radius 2 is 1.82 bits per heavy atom. The van der Waals surface area contributed by atoms with E-state index in [1.165, 1.54) is 4.90 Å². The standard InChI is InChI=1S/C24H20BrN3O5/c25-12-3-5-15-14(10-12)24(23(31)26-15)20-19(16-2-1-7-27(16)24)21(29)28(22(20)30)13-4-6-17-18(11-13)33-9-8-32-17/h3-6,10-11,16,19-20H,1-2,7-9H2,(H,26,31)/t16-,19+,20-,24-/m0/s1. The van der Waals surface area contributed by atoms with E-state index < -0.39 is 17.4 Å². The minimum atomic E-state index is -1.18. The zero-order chi connectivity index (χ0) is 22.5. The summed E-state index contributed by atoms with van der Waals surface area (Å²) in [6, 6.07) is 10.6. The van der Waals surface area contributed by atoms with Gasteiger partial charge in [-0.1, -0.05) is 15.9 Å². The number of imide groups is 1. The van der Waals surface area contributed by atoms with Gasteiger partial charge in [-0.3, -0.25) is 19.3 Å². The summed E-state index contributed by atoms with van der Waals surface area (Å²) in [6.07, 6.45) is 1.67. The number of nitrogens with zero attached hydrogens (tertiary/aromatic N) is 2. The van der Waals surface area contributed by atoms with Crippen LogP contribution in [0.25, 0.3) is 0 Å². The second-order valence-electron chi connectivity index (χ2n) is 9.16. The maximum Gasteiger partial charge on any atom is 0.250 e. The molecule has 3 amide bonds. The zero-order valence-electron chi connectivity index (χ0n) is 17.5. The molecule has 1 spiro atoms. The first-order valence-corrected chi connectivity index (χ1v) is 12.0. The molecule has 9 heteroatoms. The monoisotopic (exact) mass is 509 g/mol. The number of amides is 3. The number of ether oxygens (including phenoxy) is 2. The van der Waals surface area contributed by atoms with Gasteiger partial charge in [-0.15, -0.1) is 0 Å². The number of rotatable bonds is 1. The minimum absolute atomic E-state index is 0.149. The van der Waals surface area contributed by atoms with Crippen molar-refractivity contribution < 1.29 is 23.9 Å². The third kappa shape index (κ3) is 2.31. The van der Waals surface area contributed by atoms with Crippen LogP contribution in [-0.2, 0) is 19.9 Å². The van der Waals surface area contributed by atoms with Crippen LogP contribution in [0.4, 0.5) is 11.4 Å². The second-order valence-corrected chi connectivity index (χ2v) is 10.1. The van der Waals surface area contributed by atoms with E-state index in [-0.39, 0.29) is 23.8 Å². The third-order valence-corrected chi connectivity index (χ3v) is 8.23. The number of carbonyl (C=O) groups is 3. The average Bonchev–Trinajstić information content (AvgIpc) is 3.52. The second kappa shape index (κ2) is 6.57. The summed E-state index contributed by atoms with van der Waals surface area (Å²) in [7, 11) is 0. The summed E-state index contributed by atoms with van der Waals surface area (Å²) >= 11 is 3.53. The minimum Gasteiger partial charge on any atom is -0.486 e. The number of hydrogen-bond donors (Lipinski definition) is 1. The molecule has 5 aliphatic heterocycles. The third-order valence-electron chi connectivity index (χ3n) is 7.74. The van der Waals surface area contributed by atoms with Crippen LogP contribution in [0, 0.1) is 11.8 Å². The van der Waals surface area contributed by atoms with Gasteiger partial charge in [-0.2, -0.15) is 0 Å². The van der Waals surface area contributed by atoms with Gasteiger partial charge in [0.15, 0.2) is 11.5 Å². The van der Waals surface area contributed by atoms with Gasteiger partial charge in [0.05, 0.1) is 17.5 Å². The number of benzene rings is 2. The van der Waals surface area contributed by atoms with Gasteiger partial charge < -0.3 is 14.8 Å². The van der Waals surface area contributed by atoms with Crippen molar-refractivity contribution in [2.75, 3.05) is 30.0 Å². The molecule has 2 aromatic carbocycles. The molecular formula is C24H20BrN3O5. The van der Waals surface area contributed by atoms with Gasteiger partial charge in [-0.25, -0.2) is 4.90 Å². The molecule has 5 heterocycles. The van der Waals surface area contributed by atoms with Crippen molar-refractivity contribution in [2.24, 2.45) is 11.8 Å². The van der Waals surface area contributed by atoms with Crippen molar-refractivity contribution in [3.8, 4) is 11.5 Å². The van der Waals surface area contributed by atoms with Crippen molar-refractivity contribution >= 4 is 45.0 Å². The number of halogens is 1. The lowest BCUT2D eigenvalue weighted by atomic mass is 9.75. The molecule has 0 saturated carbocycles. The van der Waals surface area contributed by atoms with Crippen LogP contribution in [0.5, 0.6) is 11.5 Å². The Bertz CT molecular complexity index is 1260. The zero-order valence-corrected chi connectivity index (χ0v) is 19.1. The smallest absolute Gasteiger partial charge is 0.250 e. The Balaban J connectivity index is 1.39. The fourth-order valence-electron chi connectivity index (χ4n) is 6.60. The summed E-state index contributed by atoms with van der Waals surface area (Å²) in [5, 5.41) is 2.99. The summed E-state index contributed by atoms with van der Waals surface area (Å²) < 4.78 is 12.1. The highest BCUT2D eigenvalue weighted by atomic mass is 79.9. The molecule has 0 radical (unpaired) electrons. The summed E-state index contributed by atoms with van der Waals surface area (Å²) in [4.78, 5) is 44.8. The lowest BCUT2D eigenvalue weighted by Gasteiger charge is -2.36. The van der Waals surface area contributed by atoms with Crippen molar-refractivity contribution in [1.82, 2.24) is 4.90 Å². The van der Waals surface area contributed by atoms with Crippen LogP contribution in [0.3, 0.4) is 0 Å². The number of carbonyl (C=O) groups excluding carboxylic acids is 3. The first kappa shape index (κ1) is 19.5. The Morgan fingerprint density at radius 1 is 1.00 bits per heavy atom. The summed E-state index contributed by atoms with van der Waals surface area (Å²) in [6.45, 7) is 1.55. The molecule has 4 atom stereocenters. The van der Waals surface area contributed by atoms with Gasteiger partial charge in [-0.05, 0) is 49.7 Å². The molecule has 0 bridgehead atoms. The van der Waals surface area contributed by atoms with E-state index in [1.54, 1.807) is 18.2 Å². The molecule has 3 fully saturated rings. The first-order chi connectivity index (χ1) is 16.0. The number of fused-ring (bicyclic) bond motifs is 8. The normalized spacial score (nSPS) is 31.7. The lowest BCUT2D eigenvalue weighted by molar-refractivity contribution is -0.135. The van der Waals surface area contributed by atoms with E-state index in [0.29, 0.717) is 42.6 Å². The van der Waals surface area contributed by atoms with Crippen LogP contribution in [0.1, 0.15) is 18.4 Å². The van der Waals surface area contributed by atoms with E-state index in [4.69, 9.17) is 9.47 Å². The van der Waals surface area contributed by atoms with Crippen molar-refractivity contribution in [3.63, 3.8) is 0 Å². The molecule has 5 aliphatic rings. The van der Waals surface area contributed by atoms with Gasteiger partial charge in [0.25, 0.3) is 0 Å². The molecule has 0 aliphatic carbocycles. The topological polar surface area (TPSA) is 88.2 Å². The molecule has 8 nitrogen and oxygen atoms in total. The molecule has 0 unspecified atom stereocenters. The highest BCUT2D eigenvalue weighted by molar-refractivity contribution is 9.10. The van der Waals surface area contributed by atoms with Gasteiger partial charge >= 0.3 is 0 Å². The molecule has 1 N–H and O–H groups in total. The summed E-state index contributed by atoms with van der Waals surface area (Å²) in [5.74, 6) is -1.04. The number of hydrogen-bond acceptors (Lipinski definition) is 6. The Labute approximate surface area is 197 Å². The van der Waals surface area contributed by atoms with E-state index in [0.717, 1.165) is 22.9 Å². The van der Waals surface area contributed by atoms with Crippen molar-refractivity contribution in [3.05, 3.63) is 46.4 Å². The molecule has 3 saturated heterocycles. The largest absolute Gasteiger partial charge is 0.486 e. The van der Waals surface area contributed by atoms with Crippen molar-refractivity contribution in [1.29, 1.82) is 0 Å². The Hall–Kier alpha value is -2.91. The molecule has 7 rings (SSSR count). The van der Waals surface area contributed by atoms with Gasteiger partial charge in [0.2, 0.25) is 17.7 Å². The van der Waals surface area contributed by atoms with E-state index in [1.807, 2.05) is 18.2 Å². The number of nitrogens with one attached hydrogen (secondary N) is 1. The Morgan fingerprint density at radius 3 is 2.67 bits per heavy atom. The average molecular weight is 510 g/mol. The van der Waals surface area contributed by atoms with Crippen LogP contribution >= 0.6 is 15.9 Å². The Kier molecular flexibility index (Phi) is 3.89. The molecule has 0 aromatic heterocycles. The molecule has 168 valence electrons. The molecule has 2 aromatic rings. The van der Waals surface area contributed by atoms with Gasteiger partial charge in [0.1, 0.15) is 18.8 Å². The highest BCUT2D eigenvalue weighted by Crippen LogP contribution is 2.61. The quantitative estimate of drug-likeness (QED) is 0.594. The summed E-state index contributed by atoms with van der Waals surface area (Å²) in [5.41, 5.74) is 0.746. The van der Waals surface area contributed by atoms with Crippen LogP contribution in [0.15, 0.2) is 40.9 Å². The van der Waals surface area contributed by atoms with E-state index in [9.17, 15) is 14.4 Å². The fourth-order valence-corrected chi connectivity index (χ4v) is 6.96.